The highest BCUT2D eigenvalue weighted by atomic mass is 32.1. The van der Waals surface area contributed by atoms with Crippen molar-refractivity contribution >= 4 is 28.9 Å². The molecular weight excluding hydrogens is 344 g/mol. The summed E-state index contributed by atoms with van der Waals surface area (Å²) in [5, 5.41) is 6.06. The second-order valence-electron chi connectivity index (χ2n) is 6.46. The Labute approximate surface area is 161 Å². The van der Waals surface area contributed by atoms with Crippen LogP contribution in [0.15, 0.2) is 42.5 Å². The quantitative estimate of drug-likeness (QED) is 0.723. The van der Waals surface area contributed by atoms with Gasteiger partial charge in [-0.3, -0.25) is 10.1 Å². The third kappa shape index (κ3) is 5.56. The summed E-state index contributed by atoms with van der Waals surface area (Å²) in [6, 6.07) is 13.8. The molecule has 1 amide bonds. The minimum absolute atomic E-state index is 0.0846. The first-order valence-corrected chi connectivity index (χ1v) is 9.21. The van der Waals surface area contributed by atoms with E-state index in [1.54, 1.807) is 0 Å². The molecule has 0 unspecified atom stereocenters. The van der Waals surface area contributed by atoms with Gasteiger partial charge in [-0.2, -0.15) is 0 Å². The summed E-state index contributed by atoms with van der Waals surface area (Å²) in [4.78, 5) is 12.1. The fraction of sp³-hybridized carbons (Fsp3) is 0.333. The molecule has 138 valence electrons. The molecule has 0 heterocycles. The molecule has 5 heteroatoms. The minimum Gasteiger partial charge on any atom is -0.483 e. The van der Waals surface area contributed by atoms with Crippen molar-refractivity contribution in [1.82, 2.24) is 5.32 Å². The molecule has 0 fully saturated rings. The molecule has 0 aromatic heterocycles. The number of rotatable bonds is 6. The van der Waals surface area contributed by atoms with Gasteiger partial charge >= 0.3 is 0 Å². The maximum absolute atomic E-state index is 12.1. The first kappa shape index (κ1) is 19.9. The summed E-state index contributed by atoms with van der Waals surface area (Å²) in [6.45, 7) is 8.20. The van der Waals surface area contributed by atoms with E-state index in [2.05, 4.69) is 30.5 Å². The fourth-order valence-corrected chi connectivity index (χ4v) is 2.91. The molecular formula is C21H26N2O2S. The molecule has 0 saturated carbocycles. The maximum Gasteiger partial charge on any atom is 0.264 e. The van der Waals surface area contributed by atoms with Crippen LogP contribution in [0.1, 0.15) is 42.9 Å². The van der Waals surface area contributed by atoms with Crippen molar-refractivity contribution < 1.29 is 9.53 Å². The second-order valence-corrected chi connectivity index (χ2v) is 6.86. The largest absolute Gasteiger partial charge is 0.483 e. The summed E-state index contributed by atoms with van der Waals surface area (Å²) >= 11 is 5.27. The highest BCUT2D eigenvalue weighted by Gasteiger charge is 2.11. The maximum atomic E-state index is 12.1. The van der Waals surface area contributed by atoms with E-state index in [9.17, 15) is 4.79 Å². The Kier molecular flexibility index (Phi) is 7.16. The number of thiocarbonyl (C=S) groups is 1. The SMILES string of the molecule is CC[C@@H](C)c1ccccc1NC(=S)NC(=O)COc1ccc(C)cc1C. The monoisotopic (exact) mass is 370 g/mol. The molecule has 0 aliphatic rings. The average Bonchev–Trinajstić information content (AvgIpc) is 2.60. The molecule has 2 aromatic carbocycles. The van der Waals surface area contributed by atoms with E-state index in [0.717, 1.165) is 23.2 Å². The molecule has 0 saturated heterocycles. The summed E-state index contributed by atoms with van der Waals surface area (Å²) in [5.41, 5.74) is 4.26. The van der Waals surface area contributed by atoms with Crippen molar-refractivity contribution in [2.24, 2.45) is 0 Å². The summed E-state index contributed by atoms with van der Waals surface area (Å²) in [6.07, 6.45) is 1.03. The van der Waals surface area contributed by atoms with Crippen LogP contribution >= 0.6 is 12.2 Å². The zero-order valence-electron chi connectivity index (χ0n) is 15.8. The zero-order chi connectivity index (χ0) is 19.1. The van der Waals surface area contributed by atoms with Gasteiger partial charge in [-0.15, -0.1) is 0 Å². The van der Waals surface area contributed by atoms with Crippen LogP contribution in [-0.4, -0.2) is 17.6 Å². The molecule has 26 heavy (non-hydrogen) atoms. The zero-order valence-corrected chi connectivity index (χ0v) is 16.6. The molecule has 2 aromatic rings. The standard InChI is InChI=1S/C21H26N2O2S/c1-5-15(3)17-8-6-7-9-18(17)22-21(26)23-20(24)13-25-19-11-10-14(2)12-16(19)4/h6-12,15H,5,13H2,1-4H3,(H2,22,23,24,26)/t15-/m1/s1. The first-order valence-electron chi connectivity index (χ1n) is 8.80. The Hall–Kier alpha value is -2.40. The predicted molar refractivity (Wildman–Crippen MR) is 111 cm³/mol. The van der Waals surface area contributed by atoms with E-state index in [0.29, 0.717) is 11.7 Å². The van der Waals surface area contributed by atoms with E-state index < -0.39 is 0 Å². The number of ether oxygens (including phenoxy) is 1. The third-order valence-corrected chi connectivity index (χ3v) is 4.50. The van der Waals surface area contributed by atoms with Gasteiger partial charge < -0.3 is 10.1 Å². The van der Waals surface area contributed by atoms with Crippen LogP contribution in [0.25, 0.3) is 0 Å². The van der Waals surface area contributed by atoms with Crippen LogP contribution in [0.3, 0.4) is 0 Å². The van der Waals surface area contributed by atoms with Crippen LogP contribution in [0.4, 0.5) is 5.69 Å². The van der Waals surface area contributed by atoms with E-state index >= 15 is 0 Å². The van der Waals surface area contributed by atoms with Gasteiger partial charge in [-0.25, -0.2) is 0 Å². The van der Waals surface area contributed by atoms with Crippen molar-refractivity contribution in [3.63, 3.8) is 0 Å². The topological polar surface area (TPSA) is 50.4 Å². The number of carbonyl (C=O) groups excluding carboxylic acids is 1. The molecule has 0 radical (unpaired) electrons. The number of aryl methyl sites for hydroxylation is 2. The summed E-state index contributed by atoms with van der Waals surface area (Å²) < 4.78 is 5.58. The Morgan fingerprint density at radius 3 is 2.62 bits per heavy atom. The Balaban J connectivity index is 1.91. The fourth-order valence-electron chi connectivity index (χ4n) is 2.68. The average molecular weight is 371 g/mol. The molecule has 4 nitrogen and oxygen atoms in total. The van der Waals surface area contributed by atoms with Crippen molar-refractivity contribution in [1.29, 1.82) is 0 Å². The second kappa shape index (κ2) is 9.34. The van der Waals surface area contributed by atoms with Gasteiger partial charge in [0.25, 0.3) is 5.91 Å². The molecule has 1 atom stereocenters. The number of hydrogen-bond donors (Lipinski definition) is 2. The van der Waals surface area contributed by atoms with E-state index in [4.69, 9.17) is 17.0 Å². The number of benzene rings is 2. The number of para-hydroxylation sites is 1. The van der Waals surface area contributed by atoms with Gasteiger partial charge in [0.2, 0.25) is 0 Å². The van der Waals surface area contributed by atoms with E-state index in [1.165, 1.54) is 5.56 Å². The molecule has 0 aliphatic heterocycles. The number of nitrogens with one attached hydrogen (secondary N) is 2. The molecule has 2 rings (SSSR count). The van der Waals surface area contributed by atoms with E-state index in [1.807, 2.05) is 50.2 Å². The third-order valence-electron chi connectivity index (χ3n) is 4.29. The number of anilines is 1. The van der Waals surface area contributed by atoms with Crippen molar-refractivity contribution in [2.75, 3.05) is 11.9 Å². The van der Waals surface area contributed by atoms with Crippen molar-refractivity contribution in [3.8, 4) is 5.75 Å². The Bertz CT molecular complexity index is 789. The Morgan fingerprint density at radius 2 is 1.92 bits per heavy atom. The van der Waals surface area contributed by atoms with Crippen LogP contribution < -0.4 is 15.4 Å². The van der Waals surface area contributed by atoms with Gasteiger partial charge in [0, 0.05) is 5.69 Å². The lowest BCUT2D eigenvalue weighted by Gasteiger charge is -2.17. The van der Waals surface area contributed by atoms with Gasteiger partial charge in [-0.05, 0) is 61.7 Å². The van der Waals surface area contributed by atoms with Crippen LogP contribution in [0.5, 0.6) is 5.75 Å². The van der Waals surface area contributed by atoms with Gasteiger partial charge in [-0.1, -0.05) is 49.7 Å². The lowest BCUT2D eigenvalue weighted by Crippen LogP contribution is -2.37. The van der Waals surface area contributed by atoms with Crippen LogP contribution in [0, 0.1) is 13.8 Å². The molecule has 2 N–H and O–H groups in total. The lowest BCUT2D eigenvalue weighted by molar-refractivity contribution is -0.121. The van der Waals surface area contributed by atoms with Crippen molar-refractivity contribution in [2.45, 2.75) is 40.0 Å². The highest BCUT2D eigenvalue weighted by Crippen LogP contribution is 2.26. The first-order chi connectivity index (χ1) is 12.4. The molecule has 0 aliphatic carbocycles. The van der Waals surface area contributed by atoms with Gasteiger partial charge in [0.05, 0.1) is 0 Å². The molecule has 0 bridgehead atoms. The summed E-state index contributed by atoms with van der Waals surface area (Å²) in [5.74, 6) is 0.820. The van der Waals surface area contributed by atoms with Crippen LogP contribution in [0.2, 0.25) is 0 Å². The van der Waals surface area contributed by atoms with Gasteiger partial charge in [0.1, 0.15) is 5.75 Å². The normalized spacial score (nSPS) is 11.5. The predicted octanol–water partition coefficient (Wildman–Crippen LogP) is 4.71. The van der Waals surface area contributed by atoms with Gasteiger partial charge in [0.15, 0.2) is 11.7 Å². The number of hydrogen-bond acceptors (Lipinski definition) is 3. The highest BCUT2D eigenvalue weighted by molar-refractivity contribution is 7.80. The number of carbonyl (C=O) groups is 1. The number of amides is 1. The Morgan fingerprint density at radius 1 is 1.19 bits per heavy atom. The molecule has 0 spiro atoms. The van der Waals surface area contributed by atoms with Crippen molar-refractivity contribution in [3.05, 3.63) is 59.2 Å². The smallest absolute Gasteiger partial charge is 0.264 e. The lowest BCUT2D eigenvalue weighted by atomic mass is 9.97. The van der Waals surface area contributed by atoms with E-state index in [-0.39, 0.29) is 17.6 Å². The minimum atomic E-state index is -0.288. The summed E-state index contributed by atoms with van der Waals surface area (Å²) in [7, 11) is 0. The van der Waals surface area contributed by atoms with Crippen LogP contribution in [-0.2, 0) is 4.79 Å².